The van der Waals surface area contributed by atoms with Gasteiger partial charge in [0.2, 0.25) is 0 Å². The van der Waals surface area contributed by atoms with E-state index in [1.807, 2.05) is 0 Å². The van der Waals surface area contributed by atoms with Gasteiger partial charge in [0.05, 0.1) is 0 Å². The molecule has 0 aliphatic rings. The van der Waals surface area contributed by atoms with Gasteiger partial charge in [-0.3, -0.25) is 0 Å². The minimum Gasteiger partial charge on any atom is -0.207 e. The summed E-state index contributed by atoms with van der Waals surface area (Å²) in [6.45, 7) is 10.5. The van der Waals surface area contributed by atoms with Crippen molar-refractivity contribution in [2.24, 2.45) is 10.8 Å². The van der Waals surface area contributed by atoms with Gasteiger partial charge in [0.25, 0.3) is 6.43 Å². The van der Waals surface area contributed by atoms with Gasteiger partial charge in [-0.2, -0.15) is 0 Å². The number of rotatable bonds is 4. The fraction of sp³-hybridized carbons (Fsp3) is 0.600. The molecule has 0 bridgehead atoms. The van der Waals surface area contributed by atoms with E-state index in [1.54, 1.807) is 7.28 Å². The lowest BCUT2D eigenvalue weighted by molar-refractivity contribution is 0.152. The molecule has 0 N–H and O–H groups in total. The quantitative estimate of drug-likeness (QED) is 0.701. The van der Waals surface area contributed by atoms with Gasteiger partial charge in [-0.1, -0.05) is 52.5 Å². The molecule has 1 aromatic rings. The summed E-state index contributed by atoms with van der Waals surface area (Å²) in [6.07, 6.45) is -1.95. The van der Waals surface area contributed by atoms with Crippen molar-refractivity contribution in [3.8, 4) is 0 Å². The van der Waals surface area contributed by atoms with Gasteiger partial charge < -0.3 is 0 Å². The maximum absolute atomic E-state index is 13.2. The zero-order chi connectivity index (χ0) is 14.8. The zero-order valence-corrected chi connectivity index (χ0v) is 12.2. The minimum absolute atomic E-state index is 0.0435. The van der Waals surface area contributed by atoms with Crippen molar-refractivity contribution in [3.05, 3.63) is 29.6 Å². The van der Waals surface area contributed by atoms with Crippen LogP contribution in [0.25, 0.3) is 0 Å². The van der Waals surface area contributed by atoms with E-state index >= 15 is 0 Å². The van der Waals surface area contributed by atoms with Crippen LogP contribution in [0.4, 0.5) is 13.2 Å². The molecule has 0 aliphatic heterocycles. The fourth-order valence-electron chi connectivity index (χ4n) is 1.59. The van der Waals surface area contributed by atoms with Crippen LogP contribution in [0.2, 0.25) is 6.32 Å². The van der Waals surface area contributed by atoms with Crippen molar-refractivity contribution in [2.45, 2.75) is 47.4 Å². The third kappa shape index (κ3) is 4.02. The first-order chi connectivity index (χ1) is 8.54. The Balaban J connectivity index is 2.92. The second-order valence-electron chi connectivity index (χ2n) is 6.62. The molecule has 1 radical (unpaired) electrons. The summed E-state index contributed by atoms with van der Waals surface area (Å²) < 4.78 is 38.9. The van der Waals surface area contributed by atoms with Gasteiger partial charge >= 0.3 is 0 Å². The lowest BCUT2D eigenvalue weighted by Gasteiger charge is -2.39. The van der Waals surface area contributed by atoms with E-state index in [4.69, 9.17) is 0 Å². The standard InChI is InChI=1S/C15H21BF3/c1-14(2,3)15(4,5)9-16-12-8-10(17)6-7-11(12)13(18)19/h6-8,13H,9H2,1-5H3. The third-order valence-electron chi connectivity index (χ3n) is 4.15. The molecule has 1 rings (SSSR count). The molecule has 0 amide bonds. The summed E-state index contributed by atoms with van der Waals surface area (Å²) in [4.78, 5) is 0. The van der Waals surface area contributed by atoms with E-state index in [2.05, 4.69) is 34.6 Å². The summed E-state index contributed by atoms with van der Waals surface area (Å²) in [5.41, 5.74) is 0.180. The molecule has 0 fully saturated rings. The van der Waals surface area contributed by atoms with Gasteiger partial charge in [0.1, 0.15) is 5.82 Å². The molecule has 0 spiro atoms. The molecule has 0 heterocycles. The maximum Gasteiger partial charge on any atom is 0.263 e. The Morgan fingerprint density at radius 1 is 1.11 bits per heavy atom. The molecule has 105 valence electrons. The minimum atomic E-state index is -2.58. The monoisotopic (exact) mass is 269 g/mol. The average molecular weight is 269 g/mol. The Bertz CT molecular complexity index is 434. The number of alkyl halides is 2. The molecule has 4 heteroatoms. The van der Waals surface area contributed by atoms with Crippen LogP contribution < -0.4 is 5.46 Å². The van der Waals surface area contributed by atoms with Gasteiger partial charge in [-0.15, -0.1) is 0 Å². The third-order valence-corrected chi connectivity index (χ3v) is 4.15. The SMILES string of the molecule is CC(C)(C)C(C)(C)C[B]c1cc(F)ccc1C(F)F. The van der Waals surface area contributed by atoms with Crippen LogP contribution in [0.3, 0.4) is 0 Å². The van der Waals surface area contributed by atoms with Gasteiger partial charge in [0, 0.05) is 5.56 Å². The van der Waals surface area contributed by atoms with E-state index in [0.717, 1.165) is 12.1 Å². The second-order valence-corrected chi connectivity index (χ2v) is 6.62. The molecular weight excluding hydrogens is 248 g/mol. The highest BCUT2D eigenvalue weighted by Crippen LogP contribution is 2.40. The zero-order valence-electron chi connectivity index (χ0n) is 12.2. The van der Waals surface area contributed by atoms with E-state index in [9.17, 15) is 13.2 Å². The highest BCUT2D eigenvalue weighted by Gasteiger charge is 2.32. The van der Waals surface area contributed by atoms with E-state index < -0.39 is 12.2 Å². The topological polar surface area (TPSA) is 0 Å². The molecule has 0 saturated carbocycles. The van der Waals surface area contributed by atoms with Crippen molar-refractivity contribution < 1.29 is 13.2 Å². The molecule has 0 nitrogen and oxygen atoms in total. The smallest absolute Gasteiger partial charge is 0.207 e. The van der Waals surface area contributed by atoms with Crippen LogP contribution >= 0.6 is 0 Å². The Kier molecular flexibility index (Phi) is 4.75. The first-order valence-corrected chi connectivity index (χ1v) is 6.45. The first-order valence-electron chi connectivity index (χ1n) is 6.45. The summed E-state index contributed by atoms with van der Waals surface area (Å²) in [5, 5.41) is 0. The van der Waals surface area contributed by atoms with Gasteiger partial charge in [-0.05, 0) is 23.0 Å². The molecule has 0 atom stereocenters. The maximum atomic E-state index is 13.2. The first kappa shape index (κ1) is 16.1. The van der Waals surface area contributed by atoms with Crippen molar-refractivity contribution in [1.29, 1.82) is 0 Å². The predicted octanol–water partition coefficient (Wildman–Crippen LogP) is 4.58. The molecule has 0 aliphatic carbocycles. The average Bonchev–Trinajstić information content (AvgIpc) is 2.24. The summed E-state index contributed by atoms with van der Waals surface area (Å²) >= 11 is 0. The summed E-state index contributed by atoms with van der Waals surface area (Å²) in [6, 6.07) is 3.42. The number of hydrogen-bond donors (Lipinski definition) is 0. The highest BCUT2D eigenvalue weighted by molar-refractivity contribution is 6.54. The Morgan fingerprint density at radius 2 is 1.68 bits per heavy atom. The van der Waals surface area contributed by atoms with Crippen molar-refractivity contribution in [1.82, 2.24) is 0 Å². The molecule has 0 saturated heterocycles. The van der Waals surface area contributed by atoms with E-state index in [-0.39, 0.29) is 16.4 Å². The Labute approximate surface area is 114 Å². The summed E-state index contributed by atoms with van der Waals surface area (Å²) in [7, 11) is 1.72. The van der Waals surface area contributed by atoms with E-state index in [1.165, 1.54) is 6.07 Å². The normalized spacial score (nSPS) is 12.9. The van der Waals surface area contributed by atoms with Crippen molar-refractivity contribution in [2.75, 3.05) is 0 Å². The molecule has 1 aromatic carbocycles. The number of benzene rings is 1. The Hall–Kier alpha value is -0.925. The van der Waals surface area contributed by atoms with Crippen molar-refractivity contribution in [3.63, 3.8) is 0 Å². The fourth-order valence-corrected chi connectivity index (χ4v) is 1.59. The lowest BCUT2D eigenvalue weighted by Crippen LogP contribution is -2.34. The lowest BCUT2D eigenvalue weighted by atomic mass is 9.53. The van der Waals surface area contributed by atoms with Crippen LogP contribution in [0.1, 0.15) is 46.6 Å². The van der Waals surface area contributed by atoms with Crippen LogP contribution in [0.15, 0.2) is 18.2 Å². The molecular formula is C15H21BF3. The number of halogens is 3. The van der Waals surface area contributed by atoms with E-state index in [0.29, 0.717) is 11.8 Å². The predicted molar refractivity (Wildman–Crippen MR) is 74.8 cm³/mol. The highest BCUT2D eigenvalue weighted by atomic mass is 19.3. The molecule has 0 unspecified atom stereocenters. The van der Waals surface area contributed by atoms with Crippen LogP contribution in [0, 0.1) is 16.6 Å². The van der Waals surface area contributed by atoms with Gasteiger partial charge in [-0.25, -0.2) is 13.2 Å². The summed E-state index contributed by atoms with van der Waals surface area (Å²) in [5.74, 6) is -0.482. The number of hydrogen-bond acceptors (Lipinski definition) is 0. The second kappa shape index (κ2) is 5.60. The molecule has 19 heavy (non-hydrogen) atoms. The van der Waals surface area contributed by atoms with Crippen molar-refractivity contribution >= 4 is 12.7 Å². The van der Waals surface area contributed by atoms with Crippen LogP contribution in [-0.4, -0.2) is 7.28 Å². The van der Waals surface area contributed by atoms with Gasteiger partial charge in [0.15, 0.2) is 7.28 Å². The molecule has 0 aromatic heterocycles. The Morgan fingerprint density at radius 3 is 2.16 bits per heavy atom. The van der Waals surface area contributed by atoms with Crippen LogP contribution in [0.5, 0.6) is 0 Å². The largest absolute Gasteiger partial charge is 0.263 e. The van der Waals surface area contributed by atoms with Crippen LogP contribution in [-0.2, 0) is 0 Å².